The molecule has 2 N–H and O–H groups in total. The number of hydrogen-bond acceptors (Lipinski definition) is 3. The summed E-state index contributed by atoms with van der Waals surface area (Å²) in [6.45, 7) is 0.373. The first-order valence-electron chi connectivity index (χ1n) is 7.25. The minimum Gasteiger partial charge on any atom is -0.478 e. The largest absolute Gasteiger partial charge is 0.478 e. The van der Waals surface area contributed by atoms with E-state index in [9.17, 15) is 9.18 Å². The number of furan rings is 1. The van der Waals surface area contributed by atoms with Gasteiger partial charge in [-0.2, -0.15) is 0 Å². The molecule has 3 aromatic rings. The Morgan fingerprint density at radius 3 is 2.56 bits per heavy atom. The quantitative estimate of drug-likeness (QED) is 0.596. The third kappa shape index (κ3) is 3.95. The number of carboxylic acid groups (broad SMARTS) is 1. The molecule has 3 rings (SSSR count). The predicted molar refractivity (Wildman–Crippen MR) is 94.8 cm³/mol. The smallest absolute Gasteiger partial charge is 0.337 e. The van der Waals surface area contributed by atoms with Crippen LogP contribution in [0, 0.1) is 5.82 Å². The molecule has 0 aliphatic heterocycles. The lowest BCUT2D eigenvalue weighted by Gasteiger charge is -2.06. The van der Waals surface area contributed by atoms with Crippen LogP contribution in [0.5, 0.6) is 0 Å². The number of benzene rings is 2. The predicted octanol–water partition coefficient (Wildman–Crippen LogP) is 5.70. The van der Waals surface area contributed by atoms with E-state index < -0.39 is 11.8 Å². The Morgan fingerprint density at radius 2 is 1.88 bits per heavy atom. The van der Waals surface area contributed by atoms with Crippen LogP contribution in [-0.2, 0) is 6.54 Å². The summed E-state index contributed by atoms with van der Waals surface area (Å²) in [5, 5.41) is 12.2. The number of rotatable bonds is 5. The minimum atomic E-state index is -1.08. The van der Waals surface area contributed by atoms with Gasteiger partial charge in [-0.15, -0.1) is 0 Å². The second-order valence-electron chi connectivity index (χ2n) is 5.25. The number of carboxylic acids is 1. The molecule has 0 aliphatic carbocycles. The highest BCUT2D eigenvalue weighted by Gasteiger charge is 2.10. The van der Waals surface area contributed by atoms with Gasteiger partial charge in [0.25, 0.3) is 0 Å². The van der Waals surface area contributed by atoms with Crippen molar-refractivity contribution < 1.29 is 18.7 Å². The van der Waals surface area contributed by atoms with Gasteiger partial charge in [-0.1, -0.05) is 23.2 Å². The van der Waals surface area contributed by atoms with Crippen LogP contribution < -0.4 is 5.32 Å². The van der Waals surface area contributed by atoms with Crippen LogP contribution in [0.4, 0.5) is 10.1 Å². The molecular formula is C18H12Cl2FNO3. The van der Waals surface area contributed by atoms with Crippen molar-refractivity contribution in [2.75, 3.05) is 5.32 Å². The number of hydrogen-bond donors (Lipinski definition) is 2. The van der Waals surface area contributed by atoms with Crippen molar-refractivity contribution in [3.63, 3.8) is 0 Å². The molecule has 0 fully saturated rings. The average molecular weight is 380 g/mol. The van der Waals surface area contributed by atoms with Crippen LogP contribution in [0.3, 0.4) is 0 Å². The molecule has 0 saturated carbocycles. The standard InChI is InChI=1S/C18H12Cl2FNO3/c19-14-8-11(2-4-13(14)18(23)24)22-9-12-3-6-17(25-12)10-1-5-16(21)15(20)7-10/h1-8,22H,9H2,(H,23,24). The van der Waals surface area contributed by atoms with Gasteiger partial charge in [-0.3, -0.25) is 0 Å². The zero-order valence-electron chi connectivity index (χ0n) is 12.7. The number of nitrogens with one attached hydrogen (secondary N) is 1. The first kappa shape index (κ1) is 17.3. The summed E-state index contributed by atoms with van der Waals surface area (Å²) in [4.78, 5) is 10.9. The number of carbonyl (C=O) groups is 1. The molecular weight excluding hydrogens is 368 g/mol. The molecule has 1 heterocycles. The molecule has 2 aromatic carbocycles. The summed E-state index contributed by atoms with van der Waals surface area (Å²) in [5.41, 5.74) is 1.38. The van der Waals surface area contributed by atoms with Crippen molar-refractivity contribution in [3.8, 4) is 11.3 Å². The minimum absolute atomic E-state index is 0.0294. The molecule has 0 unspecified atom stereocenters. The van der Waals surface area contributed by atoms with Crippen molar-refractivity contribution >= 4 is 34.9 Å². The Hall–Kier alpha value is -2.50. The zero-order valence-corrected chi connectivity index (χ0v) is 14.2. The van der Waals surface area contributed by atoms with Gasteiger partial charge in [-0.05, 0) is 48.5 Å². The van der Waals surface area contributed by atoms with Crippen LogP contribution in [-0.4, -0.2) is 11.1 Å². The number of aromatic carboxylic acids is 1. The lowest BCUT2D eigenvalue weighted by molar-refractivity contribution is 0.0697. The summed E-state index contributed by atoms with van der Waals surface area (Å²) in [6, 6.07) is 12.5. The first-order valence-corrected chi connectivity index (χ1v) is 8.00. The van der Waals surface area contributed by atoms with E-state index >= 15 is 0 Å². The maximum Gasteiger partial charge on any atom is 0.337 e. The van der Waals surface area contributed by atoms with Gasteiger partial charge in [0, 0.05) is 11.3 Å². The molecule has 0 aliphatic rings. The highest BCUT2D eigenvalue weighted by Crippen LogP contribution is 2.27. The topological polar surface area (TPSA) is 62.5 Å². The summed E-state index contributed by atoms with van der Waals surface area (Å²) in [5.74, 6) is -0.349. The fourth-order valence-corrected chi connectivity index (χ4v) is 2.71. The van der Waals surface area contributed by atoms with Crippen LogP contribution in [0.2, 0.25) is 10.0 Å². The summed E-state index contributed by atoms with van der Waals surface area (Å²) in [7, 11) is 0. The molecule has 7 heteroatoms. The SMILES string of the molecule is O=C(O)c1ccc(NCc2ccc(-c3ccc(F)c(Cl)c3)o2)cc1Cl. The van der Waals surface area contributed by atoms with Crippen LogP contribution >= 0.6 is 23.2 Å². The molecule has 0 amide bonds. The highest BCUT2D eigenvalue weighted by atomic mass is 35.5. The molecule has 0 spiro atoms. The number of halogens is 3. The van der Waals surface area contributed by atoms with Crippen molar-refractivity contribution in [2.45, 2.75) is 6.54 Å². The molecule has 1 aromatic heterocycles. The Bertz CT molecular complexity index is 940. The summed E-state index contributed by atoms with van der Waals surface area (Å²) >= 11 is 11.7. The van der Waals surface area contributed by atoms with E-state index in [1.807, 2.05) is 0 Å². The lowest BCUT2D eigenvalue weighted by Crippen LogP contribution is -2.01. The molecule has 25 heavy (non-hydrogen) atoms. The van der Waals surface area contributed by atoms with Gasteiger partial charge in [-0.25, -0.2) is 9.18 Å². The van der Waals surface area contributed by atoms with Gasteiger partial charge in [0.15, 0.2) is 0 Å². The van der Waals surface area contributed by atoms with Crippen molar-refractivity contribution in [1.82, 2.24) is 0 Å². The molecule has 128 valence electrons. The van der Waals surface area contributed by atoms with E-state index in [4.69, 9.17) is 32.7 Å². The monoisotopic (exact) mass is 379 g/mol. The lowest BCUT2D eigenvalue weighted by atomic mass is 10.2. The van der Waals surface area contributed by atoms with Crippen LogP contribution in [0.15, 0.2) is 52.9 Å². The Balaban J connectivity index is 1.70. The van der Waals surface area contributed by atoms with Crippen molar-refractivity contribution in [1.29, 1.82) is 0 Å². The van der Waals surface area contributed by atoms with Gasteiger partial charge in [0.1, 0.15) is 17.3 Å². The van der Waals surface area contributed by atoms with E-state index in [0.29, 0.717) is 29.3 Å². The first-order chi connectivity index (χ1) is 11.9. The molecule has 4 nitrogen and oxygen atoms in total. The van der Waals surface area contributed by atoms with Gasteiger partial charge < -0.3 is 14.8 Å². The zero-order chi connectivity index (χ0) is 18.0. The van der Waals surface area contributed by atoms with E-state index in [1.165, 1.54) is 24.3 Å². The Labute approximate surface area is 152 Å². The Kier molecular flexibility index (Phi) is 4.97. The van der Waals surface area contributed by atoms with Gasteiger partial charge >= 0.3 is 5.97 Å². The molecule has 0 atom stereocenters. The van der Waals surface area contributed by atoms with Crippen LogP contribution in [0.25, 0.3) is 11.3 Å². The normalized spacial score (nSPS) is 10.7. The van der Waals surface area contributed by atoms with Crippen molar-refractivity contribution in [2.24, 2.45) is 0 Å². The number of anilines is 1. The summed E-state index contributed by atoms with van der Waals surface area (Å²) < 4.78 is 18.9. The summed E-state index contributed by atoms with van der Waals surface area (Å²) in [6.07, 6.45) is 0. The van der Waals surface area contributed by atoms with Gasteiger partial charge in [0.05, 0.1) is 22.2 Å². The third-order valence-electron chi connectivity index (χ3n) is 3.53. The molecule has 0 radical (unpaired) electrons. The van der Waals surface area contributed by atoms with Crippen molar-refractivity contribution in [3.05, 3.63) is 75.7 Å². The second-order valence-corrected chi connectivity index (χ2v) is 6.06. The van der Waals surface area contributed by atoms with Gasteiger partial charge in [0.2, 0.25) is 0 Å². The van der Waals surface area contributed by atoms with E-state index in [1.54, 1.807) is 24.3 Å². The fourth-order valence-electron chi connectivity index (χ4n) is 2.27. The maximum atomic E-state index is 13.2. The van der Waals surface area contributed by atoms with Crippen LogP contribution in [0.1, 0.15) is 16.1 Å². The molecule has 0 saturated heterocycles. The highest BCUT2D eigenvalue weighted by molar-refractivity contribution is 6.33. The van der Waals surface area contributed by atoms with E-state index in [2.05, 4.69) is 5.32 Å². The average Bonchev–Trinajstić information content (AvgIpc) is 3.04. The third-order valence-corrected chi connectivity index (χ3v) is 4.13. The van der Waals surface area contributed by atoms with E-state index in [-0.39, 0.29) is 15.6 Å². The Morgan fingerprint density at radius 1 is 1.08 bits per heavy atom. The second kappa shape index (κ2) is 7.17. The van der Waals surface area contributed by atoms with E-state index in [0.717, 1.165) is 0 Å². The molecule has 0 bridgehead atoms. The fraction of sp³-hybridized carbons (Fsp3) is 0.0556. The maximum absolute atomic E-state index is 13.2.